The van der Waals surface area contributed by atoms with Crippen molar-refractivity contribution in [2.75, 3.05) is 12.9 Å². The Morgan fingerprint density at radius 2 is 2.35 bits per heavy atom. The fourth-order valence-electron chi connectivity index (χ4n) is 1.18. The summed E-state index contributed by atoms with van der Waals surface area (Å²) in [4.78, 5) is 11.0. The van der Waals surface area contributed by atoms with E-state index in [-0.39, 0.29) is 5.02 Å². The standard InChI is InChI=1S/C11H13ClFNO2S/c1-16-11(15)9(14)6-17-5-7-3-2-4-8(12)10(7)13/h2-4,9H,5-6,14H2,1H3. The van der Waals surface area contributed by atoms with E-state index in [1.54, 1.807) is 12.1 Å². The number of carbonyl (C=O) groups is 1. The Bertz CT molecular complexity index is 403. The van der Waals surface area contributed by atoms with E-state index in [1.807, 2.05) is 0 Å². The van der Waals surface area contributed by atoms with E-state index in [4.69, 9.17) is 17.3 Å². The molecular formula is C11H13ClFNO2S. The summed E-state index contributed by atoms with van der Waals surface area (Å²) in [7, 11) is 1.28. The van der Waals surface area contributed by atoms with Gasteiger partial charge in [0, 0.05) is 11.5 Å². The molecule has 0 bridgehead atoms. The van der Waals surface area contributed by atoms with Crippen molar-refractivity contribution in [1.29, 1.82) is 0 Å². The molecule has 0 aromatic heterocycles. The second-order valence-corrected chi connectivity index (χ2v) is 4.80. The number of ether oxygens (including phenoxy) is 1. The van der Waals surface area contributed by atoms with Gasteiger partial charge >= 0.3 is 5.97 Å². The minimum Gasteiger partial charge on any atom is -0.468 e. The maximum Gasteiger partial charge on any atom is 0.323 e. The molecule has 0 heterocycles. The number of nitrogens with two attached hydrogens (primary N) is 1. The molecule has 6 heteroatoms. The highest BCUT2D eigenvalue weighted by Gasteiger charge is 2.14. The summed E-state index contributed by atoms with van der Waals surface area (Å²) in [6, 6.07) is 4.14. The zero-order valence-electron chi connectivity index (χ0n) is 9.28. The first-order valence-corrected chi connectivity index (χ1v) is 6.43. The maximum atomic E-state index is 13.5. The number of thioether (sulfide) groups is 1. The fourth-order valence-corrected chi connectivity index (χ4v) is 2.32. The predicted molar refractivity (Wildman–Crippen MR) is 67.6 cm³/mol. The molecule has 0 aliphatic carbocycles. The van der Waals surface area contributed by atoms with Crippen LogP contribution in [0.1, 0.15) is 5.56 Å². The molecule has 2 N–H and O–H groups in total. The topological polar surface area (TPSA) is 52.3 Å². The van der Waals surface area contributed by atoms with E-state index >= 15 is 0 Å². The number of carbonyl (C=O) groups excluding carboxylic acids is 1. The molecule has 0 aliphatic rings. The molecule has 0 aliphatic heterocycles. The first-order chi connectivity index (χ1) is 8.06. The molecule has 17 heavy (non-hydrogen) atoms. The number of halogens is 2. The summed E-state index contributed by atoms with van der Waals surface area (Å²) in [6.45, 7) is 0. The summed E-state index contributed by atoms with van der Waals surface area (Å²) in [5, 5.41) is 0.0976. The molecule has 0 fully saturated rings. The van der Waals surface area contributed by atoms with Gasteiger partial charge in [0.05, 0.1) is 12.1 Å². The zero-order valence-corrected chi connectivity index (χ0v) is 10.9. The SMILES string of the molecule is COC(=O)C(N)CSCc1cccc(Cl)c1F. The second-order valence-electron chi connectivity index (χ2n) is 3.36. The minimum atomic E-state index is -0.688. The smallest absolute Gasteiger partial charge is 0.323 e. The summed E-state index contributed by atoms with van der Waals surface area (Å²) < 4.78 is 18.0. The van der Waals surface area contributed by atoms with Crippen molar-refractivity contribution >= 4 is 29.3 Å². The van der Waals surface area contributed by atoms with Crippen LogP contribution < -0.4 is 5.73 Å². The van der Waals surface area contributed by atoms with Crippen molar-refractivity contribution in [3.8, 4) is 0 Å². The van der Waals surface area contributed by atoms with Gasteiger partial charge in [-0.25, -0.2) is 4.39 Å². The van der Waals surface area contributed by atoms with Crippen LogP contribution in [0.3, 0.4) is 0 Å². The number of rotatable bonds is 5. The average Bonchev–Trinajstić information content (AvgIpc) is 2.33. The van der Waals surface area contributed by atoms with Crippen LogP contribution in [0.4, 0.5) is 4.39 Å². The van der Waals surface area contributed by atoms with Gasteiger partial charge in [-0.3, -0.25) is 4.79 Å². The molecule has 0 saturated heterocycles. The van der Waals surface area contributed by atoms with Crippen molar-refractivity contribution in [3.63, 3.8) is 0 Å². The van der Waals surface area contributed by atoms with Crippen molar-refractivity contribution < 1.29 is 13.9 Å². The Balaban J connectivity index is 2.46. The summed E-state index contributed by atoms with van der Waals surface area (Å²) in [6.07, 6.45) is 0. The van der Waals surface area contributed by atoms with Crippen molar-refractivity contribution in [2.24, 2.45) is 5.73 Å². The Hall–Kier alpha value is -0.780. The van der Waals surface area contributed by atoms with Crippen LogP contribution >= 0.6 is 23.4 Å². The van der Waals surface area contributed by atoms with Gasteiger partial charge in [0.1, 0.15) is 11.9 Å². The molecule has 94 valence electrons. The van der Waals surface area contributed by atoms with Crippen molar-refractivity contribution in [3.05, 3.63) is 34.6 Å². The molecule has 1 unspecified atom stereocenters. The lowest BCUT2D eigenvalue weighted by molar-refractivity contribution is -0.141. The van der Waals surface area contributed by atoms with Gasteiger partial charge in [0.25, 0.3) is 0 Å². The Morgan fingerprint density at radius 3 is 3.00 bits per heavy atom. The maximum absolute atomic E-state index is 13.5. The molecule has 0 spiro atoms. The van der Waals surface area contributed by atoms with Crippen LogP contribution in [0.5, 0.6) is 0 Å². The summed E-state index contributed by atoms with van der Waals surface area (Å²) in [5.41, 5.74) is 6.04. The molecule has 0 radical (unpaired) electrons. The van der Waals surface area contributed by atoms with E-state index in [1.165, 1.54) is 24.9 Å². The molecule has 3 nitrogen and oxygen atoms in total. The highest BCUT2D eigenvalue weighted by atomic mass is 35.5. The molecule has 0 amide bonds. The quantitative estimate of drug-likeness (QED) is 0.839. The van der Waals surface area contributed by atoms with Gasteiger partial charge < -0.3 is 10.5 Å². The van der Waals surface area contributed by atoms with Gasteiger partial charge in [0.15, 0.2) is 0 Å². The molecule has 1 rings (SSSR count). The molecule has 1 atom stereocenters. The van der Waals surface area contributed by atoms with Gasteiger partial charge in [-0.2, -0.15) is 11.8 Å². The zero-order chi connectivity index (χ0) is 12.8. The third-order valence-electron chi connectivity index (χ3n) is 2.09. The van der Waals surface area contributed by atoms with Crippen LogP contribution in [0.2, 0.25) is 5.02 Å². The van der Waals surface area contributed by atoms with E-state index < -0.39 is 17.8 Å². The van der Waals surface area contributed by atoms with Gasteiger partial charge in [-0.1, -0.05) is 23.7 Å². The first-order valence-electron chi connectivity index (χ1n) is 4.90. The third-order valence-corrected chi connectivity index (χ3v) is 3.49. The first kappa shape index (κ1) is 14.3. The normalized spacial score (nSPS) is 12.2. The van der Waals surface area contributed by atoms with Crippen LogP contribution in [-0.2, 0) is 15.3 Å². The van der Waals surface area contributed by atoms with Crippen LogP contribution in [0, 0.1) is 5.82 Å². The minimum absolute atomic E-state index is 0.0976. The highest BCUT2D eigenvalue weighted by Crippen LogP contribution is 2.22. The number of methoxy groups -OCH3 is 1. The highest BCUT2D eigenvalue weighted by molar-refractivity contribution is 7.98. The molecular weight excluding hydrogens is 265 g/mol. The Labute approximate surface area is 108 Å². The summed E-state index contributed by atoms with van der Waals surface area (Å²) in [5.74, 6) is -0.104. The van der Waals surface area contributed by atoms with E-state index in [9.17, 15) is 9.18 Å². The lowest BCUT2D eigenvalue weighted by Crippen LogP contribution is -2.33. The third kappa shape index (κ3) is 4.18. The predicted octanol–water partition coefficient (Wildman–Crippen LogP) is 2.21. The molecule has 0 saturated carbocycles. The molecule has 1 aromatic rings. The van der Waals surface area contributed by atoms with Crippen LogP contribution in [-0.4, -0.2) is 24.9 Å². The lowest BCUT2D eigenvalue weighted by Gasteiger charge is -2.09. The van der Waals surface area contributed by atoms with Gasteiger partial charge in [-0.05, 0) is 11.6 Å². The van der Waals surface area contributed by atoms with E-state index in [0.717, 1.165) is 0 Å². The van der Waals surface area contributed by atoms with Crippen molar-refractivity contribution in [1.82, 2.24) is 0 Å². The largest absolute Gasteiger partial charge is 0.468 e. The Morgan fingerprint density at radius 1 is 1.65 bits per heavy atom. The number of hydrogen-bond donors (Lipinski definition) is 1. The number of benzene rings is 1. The lowest BCUT2D eigenvalue weighted by atomic mass is 10.2. The molecule has 1 aromatic carbocycles. The van der Waals surface area contributed by atoms with E-state index in [2.05, 4.69) is 4.74 Å². The summed E-state index contributed by atoms with van der Waals surface area (Å²) >= 11 is 7.00. The van der Waals surface area contributed by atoms with E-state index in [0.29, 0.717) is 17.1 Å². The number of esters is 1. The Kier molecular flexibility index (Phi) is 5.74. The van der Waals surface area contributed by atoms with Crippen LogP contribution in [0.15, 0.2) is 18.2 Å². The average molecular weight is 278 g/mol. The van der Waals surface area contributed by atoms with Crippen LogP contribution in [0.25, 0.3) is 0 Å². The second kappa shape index (κ2) is 6.83. The van der Waals surface area contributed by atoms with Gasteiger partial charge in [-0.15, -0.1) is 0 Å². The monoisotopic (exact) mass is 277 g/mol. The van der Waals surface area contributed by atoms with Gasteiger partial charge in [0.2, 0.25) is 0 Å². The number of hydrogen-bond acceptors (Lipinski definition) is 4. The van der Waals surface area contributed by atoms with Crippen molar-refractivity contribution in [2.45, 2.75) is 11.8 Å². The fraction of sp³-hybridized carbons (Fsp3) is 0.364.